The number of carbonyl (C=O) groups is 1. The zero-order valence-electron chi connectivity index (χ0n) is 14.0. The molecule has 1 amide bonds. The average molecular weight is 347 g/mol. The van der Waals surface area contributed by atoms with Crippen molar-refractivity contribution in [2.24, 2.45) is 5.73 Å². The fraction of sp³-hybridized carbons (Fsp3) is 0.278. The van der Waals surface area contributed by atoms with E-state index in [1.807, 2.05) is 6.92 Å². The molecule has 0 aliphatic carbocycles. The van der Waals surface area contributed by atoms with Crippen molar-refractivity contribution in [3.05, 3.63) is 58.7 Å². The number of carbonyl (C=O) groups excluding carboxylic acids is 1. The summed E-state index contributed by atoms with van der Waals surface area (Å²) in [6.07, 6.45) is 0. The fourth-order valence-corrected chi connectivity index (χ4v) is 4.21. The largest absolute Gasteiger partial charge is 0.494 e. The van der Waals surface area contributed by atoms with Crippen LogP contribution in [0.15, 0.2) is 41.3 Å². The van der Waals surface area contributed by atoms with Crippen LogP contribution in [0.2, 0.25) is 0 Å². The van der Waals surface area contributed by atoms with Crippen molar-refractivity contribution in [2.45, 2.75) is 31.4 Å². The molecule has 0 spiro atoms. The number of amides is 1. The van der Waals surface area contributed by atoms with E-state index in [2.05, 4.69) is 0 Å². The lowest BCUT2D eigenvalue weighted by Crippen LogP contribution is -2.15. The third kappa shape index (κ3) is 3.94. The van der Waals surface area contributed by atoms with Gasteiger partial charge in [-0.15, -0.1) is 0 Å². The van der Waals surface area contributed by atoms with Gasteiger partial charge in [-0.25, -0.2) is 8.42 Å². The van der Waals surface area contributed by atoms with E-state index >= 15 is 0 Å². The van der Waals surface area contributed by atoms with Gasteiger partial charge in [0.25, 0.3) is 0 Å². The monoisotopic (exact) mass is 347 g/mol. The maximum Gasteiger partial charge on any atom is 0.249 e. The quantitative estimate of drug-likeness (QED) is 0.870. The van der Waals surface area contributed by atoms with Gasteiger partial charge in [-0.3, -0.25) is 4.79 Å². The van der Waals surface area contributed by atoms with Crippen LogP contribution in [0.25, 0.3) is 0 Å². The van der Waals surface area contributed by atoms with Crippen molar-refractivity contribution in [3.8, 4) is 5.75 Å². The van der Waals surface area contributed by atoms with Gasteiger partial charge >= 0.3 is 0 Å². The zero-order chi connectivity index (χ0) is 17.9. The van der Waals surface area contributed by atoms with Gasteiger partial charge in [0, 0.05) is 5.56 Å². The summed E-state index contributed by atoms with van der Waals surface area (Å²) in [6, 6.07) is 9.97. The molecule has 0 aliphatic rings. The van der Waals surface area contributed by atoms with Gasteiger partial charge in [0.2, 0.25) is 5.91 Å². The molecule has 6 heteroatoms. The minimum Gasteiger partial charge on any atom is -0.494 e. The summed E-state index contributed by atoms with van der Waals surface area (Å²) < 4.78 is 30.8. The fourth-order valence-electron chi connectivity index (χ4n) is 2.58. The minimum absolute atomic E-state index is 0.135. The van der Waals surface area contributed by atoms with Crippen molar-refractivity contribution in [1.29, 1.82) is 0 Å². The van der Waals surface area contributed by atoms with E-state index in [-0.39, 0.29) is 16.2 Å². The molecule has 0 fully saturated rings. The standard InChI is InChI=1S/C18H21NO4S/c1-4-23-15-7-5-14(6-8-15)11-24(21,22)17-10-16(18(19)20)12(2)9-13(17)3/h5-10H,4,11H2,1-3H3,(H2,19,20). The lowest BCUT2D eigenvalue weighted by Gasteiger charge is -2.12. The van der Waals surface area contributed by atoms with E-state index in [0.29, 0.717) is 29.0 Å². The first-order valence-electron chi connectivity index (χ1n) is 7.60. The van der Waals surface area contributed by atoms with Crippen LogP contribution in [0.4, 0.5) is 0 Å². The molecule has 0 aromatic heterocycles. The van der Waals surface area contributed by atoms with Crippen LogP contribution >= 0.6 is 0 Å². The van der Waals surface area contributed by atoms with Crippen molar-refractivity contribution >= 4 is 15.7 Å². The van der Waals surface area contributed by atoms with E-state index in [0.717, 1.165) is 0 Å². The van der Waals surface area contributed by atoms with Gasteiger partial charge in [-0.1, -0.05) is 18.2 Å². The number of hydrogen-bond acceptors (Lipinski definition) is 4. The third-order valence-corrected chi connectivity index (χ3v) is 5.54. The minimum atomic E-state index is -3.59. The van der Waals surface area contributed by atoms with E-state index in [1.165, 1.54) is 6.07 Å². The second-order valence-electron chi connectivity index (χ2n) is 5.63. The van der Waals surface area contributed by atoms with Crippen molar-refractivity contribution < 1.29 is 17.9 Å². The van der Waals surface area contributed by atoms with Gasteiger partial charge < -0.3 is 10.5 Å². The summed E-state index contributed by atoms with van der Waals surface area (Å²) in [5.74, 6) is -0.0900. The van der Waals surface area contributed by atoms with E-state index in [4.69, 9.17) is 10.5 Å². The van der Waals surface area contributed by atoms with E-state index in [1.54, 1.807) is 44.2 Å². The first-order chi connectivity index (χ1) is 11.2. The topological polar surface area (TPSA) is 86.5 Å². The lowest BCUT2D eigenvalue weighted by molar-refractivity contribution is 0.0999. The van der Waals surface area contributed by atoms with Crippen LogP contribution in [0.3, 0.4) is 0 Å². The second kappa shape index (κ2) is 7.05. The lowest BCUT2D eigenvalue weighted by atomic mass is 10.1. The Labute approximate surface area is 142 Å². The first kappa shape index (κ1) is 18.0. The highest BCUT2D eigenvalue weighted by molar-refractivity contribution is 7.90. The molecule has 0 aliphatic heterocycles. The molecule has 5 nitrogen and oxygen atoms in total. The Bertz CT molecular complexity index is 855. The summed E-state index contributed by atoms with van der Waals surface area (Å²) in [6.45, 7) is 5.88. The molecule has 0 bridgehead atoms. The molecule has 2 rings (SSSR count). The SMILES string of the molecule is CCOc1ccc(CS(=O)(=O)c2cc(C(N)=O)c(C)cc2C)cc1. The van der Waals surface area contributed by atoms with Crippen LogP contribution in [-0.2, 0) is 15.6 Å². The summed E-state index contributed by atoms with van der Waals surface area (Å²) in [4.78, 5) is 11.6. The molecule has 2 N–H and O–H groups in total. The normalized spacial score (nSPS) is 11.3. The molecule has 128 valence electrons. The third-order valence-electron chi connectivity index (χ3n) is 3.71. The molecule has 0 unspecified atom stereocenters. The van der Waals surface area contributed by atoms with Crippen LogP contribution in [0.5, 0.6) is 5.75 Å². The highest BCUT2D eigenvalue weighted by Crippen LogP contribution is 2.24. The second-order valence-corrected chi connectivity index (χ2v) is 7.59. The summed E-state index contributed by atoms with van der Waals surface area (Å²) in [7, 11) is -3.59. The van der Waals surface area contributed by atoms with Crippen LogP contribution < -0.4 is 10.5 Å². The Kier molecular flexibility index (Phi) is 5.29. The maximum absolute atomic E-state index is 12.7. The predicted octanol–water partition coefficient (Wildman–Crippen LogP) is 2.77. The molecular formula is C18H21NO4S. The van der Waals surface area contributed by atoms with E-state index in [9.17, 15) is 13.2 Å². The number of primary amides is 1. The highest BCUT2D eigenvalue weighted by atomic mass is 32.2. The van der Waals surface area contributed by atoms with Crippen LogP contribution in [-0.4, -0.2) is 20.9 Å². The maximum atomic E-state index is 12.7. The number of nitrogens with two attached hydrogens (primary N) is 1. The summed E-state index contributed by atoms with van der Waals surface area (Å²) >= 11 is 0. The molecular weight excluding hydrogens is 326 g/mol. The molecule has 24 heavy (non-hydrogen) atoms. The molecule has 0 saturated carbocycles. The van der Waals surface area contributed by atoms with Gasteiger partial charge in [0.05, 0.1) is 17.3 Å². The Morgan fingerprint density at radius 3 is 2.25 bits per heavy atom. The summed E-state index contributed by atoms with van der Waals surface area (Å²) in [5, 5.41) is 0. The molecule has 0 saturated heterocycles. The Morgan fingerprint density at radius 2 is 1.71 bits per heavy atom. The molecule has 2 aromatic carbocycles. The average Bonchev–Trinajstić information content (AvgIpc) is 2.48. The van der Waals surface area contributed by atoms with Gasteiger partial charge in [-0.05, 0) is 55.7 Å². The van der Waals surface area contributed by atoms with Crippen molar-refractivity contribution in [1.82, 2.24) is 0 Å². The van der Waals surface area contributed by atoms with Crippen LogP contribution in [0, 0.1) is 13.8 Å². The Morgan fingerprint density at radius 1 is 1.08 bits per heavy atom. The first-order valence-corrected chi connectivity index (χ1v) is 9.25. The smallest absolute Gasteiger partial charge is 0.249 e. The number of aryl methyl sites for hydroxylation is 2. The van der Waals surface area contributed by atoms with Crippen molar-refractivity contribution in [3.63, 3.8) is 0 Å². The van der Waals surface area contributed by atoms with E-state index < -0.39 is 15.7 Å². The van der Waals surface area contributed by atoms with Gasteiger partial charge in [-0.2, -0.15) is 0 Å². The number of ether oxygens (including phenoxy) is 1. The number of hydrogen-bond donors (Lipinski definition) is 1. The molecule has 0 radical (unpaired) electrons. The Hall–Kier alpha value is -2.34. The van der Waals surface area contributed by atoms with Crippen LogP contribution in [0.1, 0.15) is 34.0 Å². The van der Waals surface area contributed by atoms with Gasteiger partial charge in [0.1, 0.15) is 5.75 Å². The molecule has 0 heterocycles. The predicted molar refractivity (Wildman–Crippen MR) is 92.9 cm³/mol. The molecule has 2 aromatic rings. The summed E-state index contributed by atoms with van der Waals surface area (Å²) in [5.41, 5.74) is 7.47. The zero-order valence-corrected chi connectivity index (χ0v) is 14.8. The number of benzene rings is 2. The van der Waals surface area contributed by atoms with Crippen molar-refractivity contribution in [2.75, 3.05) is 6.61 Å². The number of rotatable bonds is 6. The molecule has 0 atom stereocenters. The number of sulfone groups is 1. The Balaban J connectivity index is 2.36. The highest BCUT2D eigenvalue weighted by Gasteiger charge is 2.21. The van der Waals surface area contributed by atoms with Gasteiger partial charge in [0.15, 0.2) is 9.84 Å².